The van der Waals surface area contributed by atoms with Crippen LogP contribution in [0.1, 0.15) is 11.1 Å². The van der Waals surface area contributed by atoms with Crippen molar-refractivity contribution in [2.45, 2.75) is 12.4 Å². The lowest BCUT2D eigenvalue weighted by Crippen LogP contribution is -2.50. The molecule has 1 saturated heterocycles. The van der Waals surface area contributed by atoms with Crippen LogP contribution in [0.15, 0.2) is 54.6 Å². The molecule has 0 aliphatic carbocycles. The standard InChI is InChI=1S/C23H18ClF6N5O/c24-17-3-1-14(2-4-17)19-5-6-20(33-32-19)34-7-9-35(10-8-34)21(36)31-18-12-15(22(25,26)27)11-16(13-18)23(28,29)30/h1-6,11-13H,7-10H2,(H,31,36). The molecule has 0 atom stereocenters. The number of urea groups is 1. The van der Waals surface area contributed by atoms with Crippen molar-refractivity contribution in [3.05, 3.63) is 70.7 Å². The van der Waals surface area contributed by atoms with E-state index in [1.54, 1.807) is 24.3 Å². The fourth-order valence-corrected chi connectivity index (χ4v) is 3.76. The van der Waals surface area contributed by atoms with E-state index in [1.807, 2.05) is 17.0 Å². The van der Waals surface area contributed by atoms with Crippen molar-refractivity contribution < 1.29 is 31.1 Å². The molecular weight excluding hydrogens is 512 g/mol. The lowest BCUT2D eigenvalue weighted by molar-refractivity contribution is -0.143. The summed E-state index contributed by atoms with van der Waals surface area (Å²) < 4.78 is 78.3. The monoisotopic (exact) mass is 529 g/mol. The zero-order valence-electron chi connectivity index (χ0n) is 18.4. The molecule has 1 aliphatic heterocycles. The number of rotatable bonds is 3. The van der Waals surface area contributed by atoms with Crippen LogP contribution in [0, 0.1) is 0 Å². The first-order valence-corrected chi connectivity index (χ1v) is 11.0. The van der Waals surface area contributed by atoms with Crippen LogP contribution < -0.4 is 10.2 Å². The number of carbonyl (C=O) groups excluding carboxylic acids is 1. The number of hydrogen-bond acceptors (Lipinski definition) is 4. The molecule has 3 aromatic rings. The van der Waals surface area contributed by atoms with Crippen molar-refractivity contribution in [2.75, 3.05) is 36.4 Å². The quantitative estimate of drug-likeness (QED) is 0.411. The summed E-state index contributed by atoms with van der Waals surface area (Å²) in [6.45, 7) is 1.05. The second kappa shape index (κ2) is 9.84. The largest absolute Gasteiger partial charge is 0.416 e. The molecule has 2 aromatic carbocycles. The number of carbonyl (C=O) groups is 1. The highest BCUT2D eigenvalue weighted by atomic mass is 35.5. The number of piperazine rings is 1. The van der Waals surface area contributed by atoms with Gasteiger partial charge in [-0.15, -0.1) is 10.2 Å². The van der Waals surface area contributed by atoms with E-state index in [1.165, 1.54) is 4.90 Å². The molecule has 4 rings (SSSR count). The Morgan fingerprint density at radius 2 is 1.39 bits per heavy atom. The maximum atomic E-state index is 13.1. The Kier molecular flexibility index (Phi) is 6.98. The normalized spacial score (nSPS) is 14.6. The predicted molar refractivity (Wildman–Crippen MR) is 122 cm³/mol. The predicted octanol–water partition coefficient (Wildman–Crippen LogP) is 6.19. The number of amides is 2. The number of benzene rings is 2. The van der Waals surface area contributed by atoms with E-state index in [-0.39, 0.29) is 19.2 Å². The molecule has 1 fully saturated rings. The molecule has 36 heavy (non-hydrogen) atoms. The highest BCUT2D eigenvalue weighted by Gasteiger charge is 2.37. The SMILES string of the molecule is O=C(Nc1cc(C(F)(F)F)cc(C(F)(F)F)c1)N1CCN(c2ccc(-c3ccc(Cl)cc3)nn2)CC1. The second-order valence-corrected chi connectivity index (χ2v) is 8.42. The molecule has 1 N–H and O–H groups in total. The molecule has 0 unspecified atom stereocenters. The topological polar surface area (TPSA) is 61.4 Å². The van der Waals surface area contributed by atoms with E-state index in [0.717, 1.165) is 5.56 Å². The van der Waals surface area contributed by atoms with Gasteiger partial charge < -0.3 is 15.1 Å². The Labute approximate surface area is 206 Å². The second-order valence-electron chi connectivity index (χ2n) is 7.98. The molecule has 6 nitrogen and oxygen atoms in total. The van der Waals surface area contributed by atoms with Gasteiger partial charge in [0.15, 0.2) is 5.82 Å². The van der Waals surface area contributed by atoms with Crippen LogP contribution in [0.25, 0.3) is 11.3 Å². The maximum Gasteiger partial charge on any atom is 0.416 e. The summed E-state index contributed by atoms with van der Waals surface area (Å²) in [5.74, 6) is 0.570. The molecule has 1 aromatic heterocycles. The third-order valence-electron chi connectivity index (χ3n) is 5.52. The number of alkyl halides is 6. The van der Waals surface area contributed by atoms with Gasteiger partial charge >= 0.3 is 18.4 Å². The fraction of sp³-hybridized carbons (Fsp3) is 0.261. The van der Waals surface area contributed by atoms with Crippen LogP contribution in [-0.2, 0) is 12.4 Å². The van der Waals surface area contributed by atoms with Gasteiger partial charge in [-0.2, -0.15) is 26.3 Å². The molecule has 13 heteroatoms. The van der Waals surface area contributed by atoms with Gasteiger partial charge in [0.05, 0.1) is 16.8 Å². The third kappa shape index (κ3) is 5.99. The summed E-state index contributed by atoms with van der Waals surface area (Å²) in [6, 6.07) is 10.8. The van der Waals surface area contributed by atoms with Gasteiger partial charge in [-0.05, 0) is 42.5 Å². The van der Waals surface area contributed by atoms with Crippen molar-refractivity contribution in [2.24, 2.45) is 0 Å². The Bertz CT molecular complexity index is 1190. The van der Waals surface area contributed by atoms with Crippen molar-refractivity contribution in [1.29, 1.82) is 0 Å². The first-order valence-electron chi connectivity index (χ1n) is 10.6. The van der Waals surface area contributed by atoms with Crippen molar-refractivity contribution >= 4 is 29.1 Å². The molecule has 0 spiro atoms. The molecule has 190 valence electrons. The van der Waals surface area contributed by atoms with E-state index in [9.17, 15) is 31.1 Å². The zero-order valence-corrected chi connectivity index (χ0v) is 19.1. The van der Waals surface area contributed by atoms with Crippen LogP contribution in [0.3, 0.4) is 0 Å². The number of nitrogens with zero attached hydrogens (tertiary/aromatic N) is 4. The number of nitrogens with one attached hydrogen (secondary N) is 1. The van der Waals surface area contributed by atoms with Crippen molar-refractivity contribution in [3.63, 3.8) is 0 Å². The van der Waals surface area contributed by atoms with E-state index in [4.69, 9.17) is 11.6 Å². The first kappa shape index (κ1) is 25.5. The summed E-state index contributed by atoms with van der Waals surface area (Å²) in [5.41, 5.74) is -2.11. The molecule has 0 saturated carbocycles. The van der Waals surface area contributed by atoms with Gasteiger partial charge in [0.1, 0.15) is 0 Å². The number of hydrogen-bond donors (Lipinski definition) is 1. The summed E-state index contributed by atoms with van der Waals surface area (Å²) in [6.07, 6.45) is -10.0. The number of aromatic nitrogens is 2. The average Bonchev–Trinajstić information content (AvgIpc) is 2.83. The minimum absolute atomic E-state index is 0.00761. The van der Waals surface area contributed by atoms with Crippen molar-refractivity contribution in [3.8, 4) is 11.3 Å². The van der Waals surface area contributed by atoms with Crippen LogP contribution in [0.4, 0.5) is 42.6 Å². The van der Waals surface area contributed by atoms with Gasteiger partial charge in [-0.1, -0.05) is 23.7 Å². The molecule has 2 heterocycles. The highest BCUT2D eigenvalue weighted by molar-refractivity contribution is 6.30. The van der Waals surface area contributed by atoms with Gasteiger partial charge in [-0.25, -0.2) is 4.79 Å². The van der Waals surface area contributed by atoms with Gasteiger partial charge in [0.25, 0.3) is 0 Å². The van der Waals surface area contributed by atoms with Crippen LogP contribution in [-0.4, -0.2) is 47.3 Å². The van der Waals surface area contributed by atoms with Crippen LogP contribution >= 0.6 is 11.6 Å². The molecule has 1 aliphatic rings. The molecule has 0 bridgehead atoms. The summed E-state index contributed by atoms with van der Waals surface area (Å²) in [4.78, 5) is 15.7. The first-order chi connectivity index (χ1) is 16.9. The lowest BCUT2D eigenvalue weighted by Gasteiger charge is -2.35. The van der Waals surface area contributed by atoms with Crippen LogP contribution in [0.2, 0.25) is 5.02 Å². The fourth-order valence-electron chi connectivity index (χ4n) is 3.64. The maximum absolute atomic E-state index is 13.1. The molecule has 0 radical (unpaired) electrons. The minimum atomic E-state index is -5.00. The summed E-state index contributed by atoms with van der Waals surface area (Å²) in [5, 5.41) is 11.2. The van der Waals surface area contributed by atoms with E-state index in [2.05, 4.69) is 15.5 Å². The minimum Gasteiger partial charge on any atom is -0.352 e. The van der Waals surface area contributed by atoms with Gasteiger partial charge in [-0.3, -0.25) is 0 Å². The highest BCUT2D eigenvalue weighted by Crippen LogP contribution is 2.37. The Morgan fingerprint density at radius 3 is 1.89 bits per heavy atom. The molecule has 2 amide bonds. The Hall–Kier alpha value is -3.54. The van der Waals surface area contributed by atoms with Gasteiger partial charge in [0.2, 0.25) is 0 Å². The molecular formula is C23H18ClF6N5O. The van der Waals surface area contributed by atoms with E-state index >= 15 is 0 Å². The van der Waals surface area contributed by atoms with Crippen molar-refractivity contribution in [1.82, 2.24) is 15.1 Å². The Morgan fingerprint density at radius 1 is 0.806 bits per heavy atom. The van der Waals surface area contributed by atoms with E-state index in [0.29, 0.717) is 41.8 Å². The summed E-state index contributed by atoms with van der Waals surface area (Å²) in [7, 11) is 0. The third-order valence-corrected chi connectivity index (χ3v) is 5.77. The van der Waals surface area contributed by atoms with Crippen LogP contribution in [0.5, 0.6) is 0 Å². The number of halogens is 7. The summed E-state index contributed by atoms with van der Waals surface area (Å²) >= 11 is 5.89. The van der Waals surface area contributed by atoms with Gasteiger partial charge in [0, 0.05) is 42.5 Å². The van der Waals surface area contributed by atoms with E-state index < -0.39 is 35.2 Å². The average molecular weight is 530 g/mol. The smallest absolute Gasteiger partial charge is 0.352 e. The Balaban J connectivity index is 1.39. The zero-order chi connectivity index (χ0) is 26.1. The lowest BCUT2D eigenvalue weighted by atomic mass is 10.1. The number of anilines is 2.